The fourth-order valence-electron chi connectivity index (χ4n) is 1.57. The number of amides is 1. The number of halogens is 2. The van der Waals surface area contributed by atoms with Gasteiger partial charge in [0.1, 0.15) is 0 Å². The van der Waals surface area contributed by atoms with Crippen LogP contribution in [0, 0.1) is 6.92 Å². The molecule has 0 bridgehead atoms. The monoisotopic (exact) mass is 372 g/mol. The van der Waals surface area contributed by atoms with Gasteiger partial charge in [0.15, 0.2) is 10.9 Å². The van der Waals surface area contributed by atoms with Crippen molar-refractivity contribution in [3.63, 3.8) is 0 Å². The minimum atomic E-state index is -0.306. The zero-order valence-corrected chi connectivity index (χ0v) is 13.6. The lowest BCUT2D eigenvalue weighted by atomic mass is 10.2. The molecule has 0 unspecified atom stereocenters. The van der Waals surface area contributed by atoms with Crippen LogP contribution < -0.4 is 5.32 Å². The summed E-state index contributed by atoms with van der Waals surface area (Å²) in [6, 6.07) is 6.62. The van der Waals surface area contributed by atoms with Gasteiger partial charge in [-0.15, -0.1) is 0 Å². The summed E-state index contributed by atoms with van der Waals surface area (Å²) >= 11 is 10.1. The van der Waals surface area contributed by atoms with Crippen molar-refractivity contribution in [2.75, 3.05) is 10.6 Å². The molecule has 0 aliphatic rings. The van der Waals surface area contributed by atoms with Gasteiger partial charge in [-0.2, -0.15) is 0 Å². The van der Waals surface area contributed by atoms with Crippen LogP contribution in [0.15, 0.2) is 24.3 Å². The predicted molar refractivity (Wildman–Crippen MR) is 84.4 cm³/mol. The van der Waals surface area contributed by atoms with E-state index in [0.717, 1.165) is 11.3 Å². The number of benzene rings is 1. The van der Waals surface area contributed by atoms with E-state index in [1.165, 1.54) is 0 Å². The highest BCUT2D eigenvalue weighted by atomic mass is 79.9. The first-order valence-electron chi connectivity index (χ1n) is 5.64. The van der Waals surface area contributed by atoms with Crippen LogP contribution in [-0.4, -0.2) is 22.0 Å². The summed E-state index contributed by atoms with van der Waals surface area (Å²) in [5.41, 5.74) is 1.06. The molecule has 1 aromatic heterocycles. The quantitative estimate of drug-likeness (QED) is 0.652. The molecule has 20 heavy (non-hydrogen) atoms. The van der Waals surface area contributed by atoms with Crippen LogP contribution in [0.2, 0.25) is 5.02 Å². The number of anilines is 1. The second-order valence-electron chi connectivity index (χ2n) is 3.95. The smallest absolute Gasteiger partial charge is 0.257 e. The Kier molecular flexibility index (Phi) is 4.91. The Hall–Kier alpha value is -1.24. The number of alkyl halides is 1. The molecule has 0 spiro atoms. The summed E-state index contributed by atoms with van der Waals surface area (Å²) in [4.78, 5) is 28.4. The van der Waals surface area contributed by atoms with Crippen molar-refractivity contribution in [2.24, 2.45) is 0 Å². The summed E-state index contributed by atoms with van der Waals surface area (Å²) in [7, 11) is 0. The molecule has 2 aromatic rings. The molecule has 0 radical (unpaired) electrons. The predicted octanol–water partition coefficient (Wildman–Crippen LogP) is 3.93. The van der Waals surface area contributed by atoms with E-state index < -0.39 is 0 Å². The number of rotatable bonds is 4. The van der Waals surface area contributed by atoms with Crippen molar-refractivity contribution in [3.8, 4) is 0 Å². The molecular weight excluding hydrogens is 364 g/mol. The van der Waals surface area contributed by atoms with Crippen LogP contribution in [0.3, 0.4) is 0 Å². The van der Waals surface area contributed by atoms with Gasteiger partial charge < -0.3 is 0 Å². The van der Waals surface area contributed by atoms with Gasteiger partial charge in [-0.3, -0.25) is 14.9 Å². The summed E-state index contributed by atoms with van der Waals surface area (Å²) in [6.45, 7) is 1.74. The van der Waals surface area contributed by atoms with Gasteiger partial charge >= 0.3 is 0 Å². The van der Waals surface area contributed by atoms with Crippen molar-refractivity contribution in [2.45, 2.75) is 6.92 Å². The molecule has 0 fully saturated rings. The second-order valence-corrected chi connectivity index (χ2v) is 5.95. The molecule has 1 heterocycles. The fourth-order valence-corrected chi connectivity index (χ4v) is 3.12. The Balaban J connectivity index is 2.18. The molecule has 0 aliphatic carbocycles. The molecule has 1 N–H and O–H groups in total. The molecule has 0 saturated heterocycles. The fraction of sp³-hybridized carbons (Fsp3) is 0.154. The summed E-state index contributed by atoms with van der Waals surface area (Å²) in [6.07, 6.45) is 0. The van der Waals surface area contributed by atoms with Crippen LogP contribution in [0.4, 0.5) is 5.13 Å². The number of nitrogens with zero attached hydrogens (tertiary/aromatic N) is 1. The number of Topliss-reactive ketones (excluding diaryl/α,β-unsaturated/α-hetero) is 1. The molecule has 7 heteroatoms. The SMILES string of the molecule is Cc1nc(NC(=O)c2cccc(Cl)c2)sc1C(=O)CBr. The molecular formula is C13H10BrClN2O2S. The molecule has 0 aliphatic heterocycles. The Morgan fingerprint density at radius 1 is 1.45 bits per heavy atom. The van der Waals surface area contributed by atoms with Crippen molar-refractivity contribution in [1.82, 2.24) is 4.98 Å². The number of carbonyl (C=O) groups excluding carboxylic acids is 2. The van der Waals surface area contributed by atoms with E-state index in [4.69, 9.17) is 11.6 Å². The Labute approximate surface area is 133 Å². The zero-order chi connectivity index (χ0) is 14.7. The van der Waals surface area contributed by atoms with E-state index in [9.17, 15) is 9.59 Å². The van der Waals surface area contributed by atoms with E-state index in [-0.39, 0.29) is 17.0 Å². The van der Waals surface area contributed by atoms with E-state index in [0.29, 0.717) is 26.3 Å². The number of thiazole rings is 1. The largest absolute Gasteiger partial charge is 0.298 e. The number of ketones is 1. The molecule has 104 valence electrons. The Bertz CT molecular complexity index is 672. The van der Waals surface area contributed by atoms with Crippen molar-refractivity contribution in [3.05, 3.63) is 45.4 Å². The van der Waals surface area contributed by atoms with Crippen molar-refractivity contribution < 1.29 is 9.59 Å². The van der Waals surface area contributed by atoms with E-state index in [1.807, 2.05) is 0 Å². The van der Waals surface area contributed by atoms with Crippen molar-refractivity contribution in [1.29, 1.82) is 0 Å². The number of carbonyl (C=O) groups is 2. The third-order valence-corrected chi connectivity index (χ3v) is 4.34. The number of hydrogen-bond acceptors (Lipinski definition) is 4. The highest BCUT2D eigenvalue weighted by Gasteiger charge is 2.16. The van der Waals surface area contributed by atoms with Crippen LogP contribution >= 0.6 is 38.9 Å². The average molecular weight is 374 g/mol. The third-order valence-electron chi connectivity index (χ3n) is 2.48. The van der Waals surface area contributed by atoms with Crippen LogP contribution in [0.25, 0.3) is 0 Å². The first kappa shape index (κ1) is 15.2. The summed E-state index contributed by atoms with van der Waals surface area (Å²) < 4.78 is 0. The first-order chi connectivity index (χ1) is 9.51. The maximum absolute atomic E-state index is 12.0. The molecule has 0 atom stereocenters. The maximum atomic E-state index is 12.0. The Morgan fingerprint density at radius 2 is 2.20 bits per heavy atom. The molecule has 0 saturated carbocycles. The lowest BCUT2D eigenvalue weighted by Gasteiger charge is -2.01. The van der Waals surface area contributed by atoms with Gasteiger partial charge in [0.2, 0.25) is 0 Å². The number of nitrogens with one attached hydrogen (secondary N) is 1. The number of aromatic nitrogens is 1. The van der Waals surface area contributed by atoms with E-state index >= 15 is 0 Å². The van der Waals surface area contributed by atoms with Gasteiger partial charge in [-0.25, -0.2) is 4.98 Å². The third kappa shape index (κ3) is 3.45. The summed E-state index contributed by atoms with van der Waals surface area (Å²) in [5, 5.41) is 3.79. The number of hydrogen-bond donors (Lipinski definition) is 1. The second kappa shape index (κ2) is 6.47. The van der Waals surface area contributed by atoms with Crippen LogP contribution in [0.1, 0.15) is 25.7 Å². The summed E-state index contributed by atoms with van der Waals surface area (Å²) in [5.74, 6) is -0.359. The van der Waals surface area contributed by atoms with Crippen LogP contribution in [-0.2, 0) is 0 Å². The maximum Gasteiger partial charge on any atom is 0.257 e. The van der Waals surface area contributed by atoms with Gasteiger partial charge in [0, 0.05) is 10.6 Å². The lowest BCUT2D eigenvalue weighted by Crippen LogP contribution is -2.11. The van der Waals surface area contributed by atoms with E-state index in [1.54, 1.807) is 31.2 Å². The van der Waals surface area contributed by atoms with Gasteiger partial charge in [0.25, 0.3) is 5.91 Å². The minimum absolute atomic E-state index is 0.0525. The van der Waals surface area contributed by atoms with E-state index in [2.05, 4.69) is 26.2 Å². The lowest BCUT2D eigenvalue weighted by molar-refractivity contribution is 0.101. The normalized spacial score (nSPS) is 10.3. The van der Waals surface area contributed by atoms with Crippen molar-refractivity contribution >= 4 is 55.7 Å². The first-order valence-corrected chi connectivity index (χ1v) is 7.96. The molecule has 1 amide bonds. The average Bonchev–Trinajstić information content (AvgIpc) is 2.78. The highest BCUT2D eigenvalue weighted by Crippen LogP contribution is 2.24. The Morgan fingerprint density at radius 3 is 2.85 bits per heavy atom. The molecule has 4 nitrogen and oxygen atoms in total. The van der Waals surface area contributed by atoms with Crippen LogP contribution in [0.5, 0.6) is 0 Å². The van der Waals surface area contributed by atoms with Gasteiger partial charge in [0.05, 0.1) is 15.9 Å². The highest BCUT2D eigenvalue weighted by molar-refractivity contribution is 9.09. The molecule has 1 aromatic carbocycles. The zero-order valence-electron chi connectivity index (χ0n) is 10.4. The standard InChI is InChI=1S/C13H10BrClN2O2S/c1-7-11(10(18)6-14)20-13(16-7)17-12(19)8-3-2-4-9(15)5-8/h2-5H,6H2,1H3,(H,16,17,19). The van der Waals surface area contributed by atoms with Gasteiger partial charge in [-0.1, -0.05) is 44.9 Å². The minimum Gasteiger partial charge on any atom is -0.298 e. The topological polar surface area (TPSA) is 59.1 Å². The van der Waals surface area contributed by atoms with Gasteiger partial charge in [-0.05, 0) is 25.1 Å². The molecule has 2 rings (SSSR count). The number of aryl methyl sites for hydroxylation is 1.